The second-order valence-electron chi connectivity index (χ2n) is 12.8. The molecule has 4 amide bonds. The molecule has 4 bridgehead atoms. The van der Waals surface area contributed by atoms with Gasteiger partial charge in [0.1, 0.15) is 0 Å². The van der Waals surface area contributed by atoms with Gasteiger partial charge in [-0.2, -0.15) is 0 Å². The summed E-state index contributed by atoms with van der Waals surface area (Å²) in [6, 6.07) is 7.64. The van der Waals surface area contributed by atoms with E-state index in [4.69, 9.17) is 0 Å². The van der Waals surface area contributed by atoms with Gasteiger partial charge >= 0.3 is 0 Å². The smallest absolute Gasteiger partial charge is 0.234 e. The molecule has 2 saturated heterocycles. The quantitative estimate of drug-likeness (QED) is 0.317. The molecule has 1 aromatic carbocycles. The van der Waals surface area contributed by atoms with Crippen molar-refractivity contribution in [3.63, 3.8) is 0 Å². The molecule has 0 radical (unpaired) electrons. The zero-order valence-corrected chi connectivity index (χ0v) is 22.8. The molecule has 6 aliphatic rings. The SMILES string of the molecule is C=CCCC1C2C=CC1C1C(=O)N(Cc3cccc(CN4C(=O)C5C6C=CC(CCC=C)(C6)C5C4=O)c3)C(=O)C21. The molecule has 2 heterocycles. The Bertz CT molecular complexity index is 1360. The maximum atomic E-state index is 13.6. The van der Waals surface area contributed by atoms with Gasteiger partial charge in [0, 0.05) is 5.41 Å². The zero-order chi connectivity index (χ0) is 27.8. The normalized spacial score (nSPS) is 38.2. The topological polar surface area (TPSA) is 74.8 Å². The van der Waals surface area contributed by atoms with Crippen LogP contribution in [0.4, 0.5) is 0 Å². The third-order valence-electron chi connectivity index (χ3n) is 10.9. The fourth-order valence-corrected chi connectivity index (χ4v) is 9.22. The lowest BCUT2D eigenvalue weighted by Gasteiger charge is -2.30. The average Bonchev–Trinajstić information content (AvgIpc) is 3.78. The number of likely N-dealkylation sites (tertiary alicyclic amines) is 2. The Kier molecular flexibility index (Phi) is 5.88. The number of imide groups is 2. The van der Waals surface area contributed by atoms with Crippen LogP contribution in [0.3, 0.4) is 0 Å². The summed E-state index contributed by atoms with van der Waals surface area (Å²) in [5.41, 5.74) is 1.44. The molecule has 206 valence electrons. The number of nitrogens with zero attached hydrogens (tertiary/aromatic N) is 2. The number of amides is 4. The Morgan fingerprint density at radius 3 is 2.02 bits per heavy atom. The summed E-state index contributed by atoms with van der Waals surface area (Å²) in [4.78, 5) is 56.9. The Labute approximate surface area is 235 Å². The molecule has 2 saturated carbocycles. The number of allylic oxidation sites excluding steroid dienone is 6. The summed E-state index contributed by atoms with van der Waals surface area (Å²) >= 11 is 0. The Balaban J connectivity index is 1.06. The van der Waals surface area contributed by atoms with E-state index in [1.165, 1.54) is 9.80 Å². The van der Waals surface area contributed by atoms with E-state index in [2.05, 4.69) is 37.5 Å². The molecule has 40 heavy (non-hydrogen) atoms. The first-order valence-corrected chi connectivity index (χ1v) is 14.8. The molecule has 6 heteroatoms. The predicted octanol–water partition coefficient (Wildman–Crippen LogP) is 4.83. The van der Waals surface area contributed by atoms with Crippen LogP contribution in [0.25, 0.3) is 0 Å². The zero-order valence-electron chi connectivity index (χ0n) is 22.8. The van der Waals surface area contributed by atoms with E-state index in [-0.39, 0.29) is 83.6 Å². The highest BCUT2D eigenvalue weighted by molar-refractivity contribution is 6.07. The first-order chi connectivity index (χ1) is 19.4. The number of carbonyl (C=O) groups is 4. The minimum atomic E-state index is -0.281. The van der Waals surface area contributed by atoms with Crippen LogP contribution >= 0.6 is 0 Å². The van der Waals surface area contributed by atoms with Crippen LogP contribution in [0, 0.1) is 52.8 Å². The molecule has 1 aromatic rings. The summed E-state index contributed by atoms with van der Waals surface area (Å²) in [5, 5.41) is 0. The van der Waals surface area contributed by atoms with Crippen LogP contribution in [-0.4, -0.2) is 33.4 Å². The van der Waals surface area contributed by atoms with E-state index >= 15 is 0 Å². The van der Waals surface area contributed by atoms with Gasteiger partial charge in [-0.25, -0.2) is 0 Å². The fraction of sp³-hybridized carbons (Fsp3) is 0.471. The summed E-state index contributed by atoms with van der Waals surface area (Å²) < 4.78 is 0. The maximum absolute atomic E-state index is 13.6. The molecule has 8 atom stereocenters. The molecule has 2 aliphatic heterocycles. The molecular weight excluding hydrogens is 500 g/mol. The molecule has 0 N–H and O–H groups in total. The van der Waals surface area contributed by atoms with E-state index in [9.17, 15) is 19.2 Å². The van der Waals surface area contributed by atoms with Crippen molar-refractivity contribution >= 4 is 23.6 Å². The van der Waals surface area contributed by atoms with Gasteiger partial charge in [-0.05, 0) is 66.9 Å². The monoisotopic (exact) mass is 536 g/mol. The minimum absolute atomic E-state index is 0.0635. The Hall–Kier alpha value is -3.54. The number of hydrogen-bond acceptors (Lipinski definition) is 4. The van der Waals surface area contributed by atoms with Crippen molar-refractivity contribution in [2.24, 2.45) is 52.8 Å². The van der Waals surface area contributed by atoms with Gasteiger partial charge in [-0.3, -0.25) is 29.0 Å². The molecule has 4 aliphatic carbocycles. The highest BCUT2D eigenvalue weighted by atomic mass is 16.2. The Morgan fingerprint density at radius 2 is 1.40 bits per heavy atom. The van der Waals surface area contributed by atoms with Crippen molar-refractivity contribution in [1.82, 2.24) is 9.80 Å². The van der Waals surface area contributed by atoms with Crippen LogP contribution < -0.4 is 0 Å². The first kappa shape index (κ1) is 25.4. The van der Waals surface area contributed by atoms with Crippen LogP contribution in [0.1, 0.15) is 43.2 Å². The number of benzene rings is 1. The number of rotatable bonds is 10. The lowest BCUT2D eigenvalue weighted by atomic mass is 9.72. The van der Waals surface area contributed by atoms with E-state index in [1.54, 1.807) is 0 Å². The van der Waals surface area contributed by atoms with Crippen LogP contribution in [0.5, 0.6) is 0 Å². The number of fused-ring (bicyclic) bond motifs is 10. The van der Waals surface area contributed by atoms with Crippen molar-refractivity contribution < 1.29 is 19.2 Å². The van der Waals surface area contributed by atoms with Crippen LogP contribution in [-0.2, 0) is 32.3 Å². The lowest BCUT2D eigenvalue weighted by Crippen LogP contribution is -2.35. The minimum Gasteiger partial charge on any atom is -0.278 e. The summed E-state index contributed by atoms with van der Waals surface area (Å²) in [7, 11) is 0. The lowest BCUT2D eigenvalue weighted by molar-refractivity contribution is -0.143. The van der Waals surface area contributed by atoms with E-state index in [1.807, 2.05) is 36.4 Å². The number of carbonyl (C=O) groups excluding carboxylic acids is 4. The Morgan fingerprint density at radius 1 is 0.800 bits per heavy atom. The second kappa shape index (κ2) is 9.25. The van der Waals surface area contributed by atoms with Crippen molar-refractivity contribution in [1.29, 1.82) is 0 Å². The third-order valence-corrected chi connectivity index (χ3v) is 10.9. The first-order valence-electron chi connectivity index (χ1n) is 14.8. The largest absolute Gasteiger partial charge is 0.278 e. The molecule has 7 rings (SSSR count). The van der Waals surface area contributed by atoms with E-state index < -0.39 is 0 Å². The second-order valence-corrected chi connectivity index (χ2v) is 12.8. The number of hydrogen-bond donors (Lipinski definition) is 0. The molecule has 6 nitrogen and oxygen atoms in total. The third kappa shape index (κ3) is 3.47. The van der Waals surface area contributed by atoms with Crippen molar-refractivity contribution in [2.45, 2.75) is 45.2 Å². The highest BCUT2D eigenvalue weighted by Gasteiger charge is 2.65. The standard InChI is InChI=1S/C34H36N2O4/c1-3-5-10-23-24-11-12-25(23)28-27(24)31(38)35(32(28)39)18-20-8-7-9-21(16-20)19-36-30(37)26-22-13-15-34(17-22,14-6-4-2)29(26)33(36)40/h3-4,7-9,11-13,15-16,22-29H,1-2,5-6,10,14,17-19H2. The van der Waals surface area contributed by atoms with Crippen LogP contribution in [0.15, 0.2) is 73.9 Å². The van der Waals surface area contributed by atoms with Crippen molar-refractivity contribution in [3.05, 3.63) is 85.0 Å². The average molecular weight is 537 g/mol. The van der Waals surface area contributed by atoms with Gasteiger partial charge in [-0.1, -0.05) is 60.7 Å². The highest BCUT2D eigenvalue weighted by Crippen LogP contribution is 2.62. The molecular formula is C34H36N2O4. The summed E-state index contributed by atoms with van der Waals surface area (Å²) in [6.45, 7) is 8.12. The van der Waals surface area contributed by atoms with Gasteiger partial charge in [0.05, 0.1) is 36.8 Å². The van der Waals surface area contributed by atoms with E-state index in [0.717, 1.165) is 43.2 Å². The van der Waals surface area contributed by atoms with E-state index in [0.29, 0.717) is 5.92 Å². The van der Waals surface area contributed by atoms with Gasteiger partial charge in [0.2, 0.25) is 23.6 Å². The maximum Gasteiger partial charge on any atom is 0.234 e. The van der Waals surface area contributed by atoms with Gasteiger partial charge in [-0.15, -0.1) is 13.2 Å². The molecule has 0 spiro atoms. The van der Waals surface area contributed by atoms with Crippen molar-refractivity contribution in [3.8, 4) is 0 Å². The fourth-order valence-electron chi connectivity index (χ4n) is 9.22. The summed E-state index contributed by atoms with van der Waals surface area (Å²) in [5.74, 6) is -0.557. The van der Waals surface area contributed by atoms with Gasteiger partial charge in [0.25, 0.3) is 0 Å². The molecule has 0 aromatic heterocycles. The summed E-state index contributed by atoms with van der Waals surface area (Å²) in [6.07, 6.45) is 16.8. The molecule has 4 fully saturated rings. The predicted molar refractivity (Wildman–Crippen MR) is 150 cm³/mol. The molecule has 8 unspecified atom stereocenters. The van der Waals surface area contributed by atoms with Gasteiger partial charge < -0.3 is 0 Å². The van der Waals surface area contributed by atoms with Crippen molar-refractivity contribution in [2.75, 3.05) is 0 Å². The van der Waals surface area contributed by atoms with Crippen LogP contribution in [0.2, 0.25) is 0 Å². The van der Waals surface area contributed by atoms with Gasteiger partial charge in [0.15, 0.2) is 0 Å².